The number of nitrogens with zero attached hydrogens (tertiary/aromatic N) is 4. The number of nitrogens with one attached hydrogen (secondary N) is 4. The van der Waals surface area contributed by atoms with E-state index < -0.39 is 0 Å². The van der Waals surface area contributed by atoms with Crippen LogP contribution in [0.25, 0.3) is 55.7 Å². The highest BCUT2D eigenvalue weighted by molar-refractivity contribution is 7.08. The number of aromatic amines is 2. The number of hydrogen-bond acceptors (Lipinski definition) is 7. The topological polar surface area (TPSA) is 124 Å². The van der Waals surface area contributed by atoms with Crippen LogP contribution in [0.4, 0.5) is 5.69 Å². The van der Waals surface area contributed by atoms with Gasteiger partial charge in [0.1, 0.15) is 5.69 Å². The van der Waals surface area contributed by atoms with Gasteiger partial charge in [0.2, 0.25) is 5.91 Å². The summed E-state index contributed by atoms with van der Waals surface area (Å²) in [4.78, 5) is 29.8. The normalized spacial score (nSPS) is 14.3. The average Bonchev–Trinajstić information content (AvgIpc) is 3.73. The number of pyridine rings is 3. The summed E-state index contributed by atoms with van der Waals surface area (Å²) in [5.74, 6) is 0.448. The third-order valence-corrected chi connectivity index (χ3v) is 7.98. The highest BCUT2D eigenvalue weighted by atomic mass is 32.1. The molecule has 7 heterocycles. The maximum Gasteiger partial charge on any atom is 0.224 e. The van der Waals surface area contributed by atoms with Crippen LogP contribution in [0.1, 0.15) is 19.3 Å². The van der Waals surface area contributed by atoms with Gasteiger partial charge < -0.3 is 15.6 Å². The molecule has 6 aromatic rings. The van der Waals surface area contributed by atoms with Gasteiger partial charge in [-0.1, -0.05) is 0 Å². The van der Waals surface area contributed by atoms with Crippen molar-refractivity contribution in [2.45, 2.75) is 19.3 Å². The maximum atomic E-state index is 12.6. The van der Waals surface area contributed by atoms with Gasteiger partial charge in [-0.05, 0) is 67.6 Å². The Morgan fingerprint density at radius 1 is 0.974 bits per heavy atom. The largest absolute Gasteiger partial charge is 0.353 e. The predicted molar refractivity (Wildman–Crippen MR) is 154 cm³/mol. The van der Waals surface area contributed by atoms with Crippen LogP contribution in [0.3, 0.4) is 0 Å². The Bertz CT molecular complexity index is 1780. The summed E-state index contributed by atoms with van der Waals surface area (Å²) in [6.45, 7) is 1.95. The van der Waals surface area contributed by atoms with Crippen LogP contribution >= 0.6 is 11.3 Å². The van der Waals surface area contributed by atoms with Crippen molar-refractivity contribution in [1.29, 1.82) is 0 Å². The number of carbonyl (C=O) groups is 1. The zero-order chi connectivity index (χ0) is 26.2. The van der Waals surface area contributed by atoms with Crippen LogP contribution < -0.4 is 10.6 Å². The fourth-order valence-corrected chi connectivity index (χ4v) is 5.94. The lowest BCUT2D eigenvalue weighted by Gasteiger charge is -2.21. The van der Waals surface area contributed by atoms with Crippen LogP contribution in [0.15, 0.2) is 65.9 Å². The van der Waals surface area contributed by atoms with Crippen LogP contribution in [-0.2, 0) is 4.79 Å². The number of hydrogen-bond donors (Lipinski definition) is 4. The van der Waals surface area contributed by atoms with E-state index in [4.69, 9.17) is 0 Å². The first-order chi connectivity index (χ1) is 19.2. The maximum absolute atomic E-state index is 12.6. The molecule has 6 aromatic heterocycles. The fourth-order valence-electron chi connectivity index (χ4n) is 5.30. The first kappa shape index (κ1) is 23.7. The Kier molecular flexibility index (Phi) is 6.10. The van der Waals surface area contributed by atoms with E-state index in [-0.39, 0.29) is 5.91 Å². The van der Waals surface area contributed by atoms with Gasteiger partial charge in [0, 0.05) is 51.6 Å². The molecule has 4 N–H and O–H groups in total. The molecule has 0 aliphatic carbocycles. The Hall–Kier alpha value is -4.41. The second-order valence-corrected chi connectivity index (χ2v) is 10.7. The van der Waals surface area contributed by atoms with Gasteiger partial charge in [-0.3, -0.25) is 24.8 Å². The molecule has 10 heteroatoms. The van der Waals surface area contributed by atoms with E-state index in [1.165, 1.54) is 0 Å². The molecule has 1 fully saturated rings. The third kappa shape index (κ3) is 4.68. The first-order valence-electron chi connectivity index (χ1n) is 13.0. The Morgan fingerprint density at radius 3 is 2.74 bits per heavy atom. The van der Waals surface area contributed by atoms with Gasteiger partial charge in [0.25, 0.3) is 0 Å². The molecule has 0 radical (unpaired) electrons. The molecule has 0 aromatic carbocycles. The Balaban J connectivity index is 1.19. The van der Waals surface area contributed by atoms with Crippen molar-refractivity contribution in [3.05, 3.63) is 65.9 Å². The number of amides is 1. The lowest BCUT2D eigenvalue weighted by atomic mass is 9.94. The molecular weight excluding hydrogens is 508 g/mol. The van der Waals surface area contributed by atoms with Crippen LogP contribution in [0, 0.1) is 5.92 Å². The average molecular weight is 535 g/mol. The summed E-state index contributed by atoms with van der Waals surface area (Å²) in [5, 5.41) is 20.2. The molecule has 0 saturated carbocycles. The number of carbonyl (C=O) groups excluding carboxylic acids is 1. The molecule has 0 unspecified atom stereocenters. The van der Waals surface area contributed by atoms with Crippen LogP contribution in [-0.4, -0.2) is 49.1 Å². The molecule has 0 spiro atoms. The molecule has 9 nitrogen and oxygen atoms in total. The van der Waals surface area contributed by atoms with E-state index in [1.807, 2.05) is 24.4 Å². The molecule has 1 saturated heterocycles. The van der Waals surface area contributed by atoms with E-state index in [2.05, 4.69) is 63.7 Å². The molecule has 0 atom stereocenters. The van der Waals surface area contributed by atoms with E-state index >= 15 is 0 Å². The number of anilines is 1. The zero-order valence-corrected chi connectivity index (χ0v) is 21.9. The van der Waals surface area contributed by atoms with E-state index in [0.29, 0.717) is 18.0 Å². The minimum atomic E-state index is 0.0245. The summed E-state index contributed by atoms with van der Waals surface area (Å²) in [6.07, 6.45) is 9.64. The predicted octanol–water partition coefficient (Wildman–Crippen LogP) is 5.62. The van der Waals surface area contributed by atoms with Gasteiger partial charge >= 0.3 is 0 Å². The van der Waals surface area contributed by atoms with Gasteiger partial charge in [0.15, 0.2) is 0 Å². The van der Waals surface area contributed by atoms with Crippen LogP contribution in [0.2, 0.25) is 0 Å². The lowest BCUT2D eigenvalue weighted by molar-refractivity contribution is -0.117. The molecule has 194 valence electrons. The standard InChI is InChI=1S/C29H26N8OS/c38-27(9-17-1-5-30-6-2-17)34-20-10-19(13-31-14-20)24-11-22-26(15-33-24)36-37-29(22)25-12-21-23(35-25)3-7-32-28(21)18-4-8-39-16-18/h3-4,7-8,10-17,30,35H,1-2,5-6,9H2,(H,34,38)(H,36,37). The third-order valence-electron chi connectivity index (χ3n) is 7.30. The van der Waals surface area contributed by atoms with E-state index in [1.54, 1.807) is 29.9 Å². The summed E-state index contributed by atoms with van der Waals surface area (Å²) >= 11 is 1.66. The molecule has 39 heavy (non-hydrogen) atoms. The van der Waals surface area contributed by atoms with Crippen molar-refractivity contribution < 1.29 is 4.79 Å². The highest BCUT2D eigenvalue weighted by Gasteiger charge is 2.18. The summed E-state index contributed by atoms with van der Waals surface area (Å²) < 4.78 is 0. The first-order valence-corrected chi connectivity index (χ1v) is 14.0. The number of fused-ring (bicyclic) bond motifs is 2. The van der Waals surface area contributed by atoms with Gasteiger partial charge in [-0.25, -0.2) is 0 Å². The monoisotopic (exact) mass is 534 g/mol. The number of H-pyrrole nitrogens is 2. The number of thiophene rings is 1. The summed E-state index contributed by atoms with van der Waals surface area (Å²) in [6, 6.07) is 10.1. The summed E-state index contributed by atoms with van der Waals surface area (Å²) in [7, 11) is 0. The van der Waals surface area contributed by atoms with E-state index in [9.17, 15) is 4.79 Å². The van der Waals surface area contributed by atoms with Gasteiger partial charge in [-0.2, -0.15) is 16.4 Å². The molecule has 1 aliphatic heterocycles. The van der Waals surface area contributed by atoms with Gasteiger partial charge in [-0.15, -0.1) is 0 Å². The second-order valence-electron chi connectivity index (χ2n) is 9.91. The van der Waals surface area contributed by atoms with Crippen molar-refractivity contribution in [1.82, 2.24) is 35.5 Å². The summed E-state index contributed by atoms with van der Waals surface area (Å²) in [5.41, 5.74) is 7.84. The minimum absolute atomic E-state index is 0.0245. The number of rotatable bonds is 6. The SMILES string of the molecule is O=C(CC1CCNCC1)Nc1cncc(-c2cc3c(-c4cc5c(-c6ccsc6)nccc5[nH]4)n[nH]c3cn2)c1. The van der Waals surface area contributed by atoms with Crippen molar-refractivity contribution in [3.63, 3.8) is 0 Å². The number of aromatic nitrogens is 6. The molecule has 7 rings (SSSR count). The van der Waals surface area contributed by atoms with Crippen molar-refractivity contribution in [2.24, 2.45) is 5.92 Å². The molecule has 0 bridgehead atoms. The molecule has 1 amide bonds. The zero-order valence-electron chi connectivity index (χ0n) is 21.1. The van der Waals surface area contributed by atoms with Gasteiger partial charge in [0.05, 0.1) is 40.7 Å². The highest BCUT2D eigenvalue weighted by Crippen LogP contribution is 2.34. The second kappa shape index (κ2) is 10.0. The fraction of sp³-hybridized carbons (Fsp3) is 0.207. The molecular formula is C29H26N8OS. The number of piperidine rings is 1. The van der Waals surface area contributed by atoms with Crippen molar-refractivity contribution >= 4 is 44.7 Å². The van der Waals surface area contributed by atoms with Crippen molar-refractivity contribution in [3.8, 4) is 33.9 Å². The van der Waals surface area contributed by atoms with Crippen molar-refractivity contribution in [2.75, 3.05) is 18.4 Å². The minimum Gasteiger partial charge on any atom is -0.353 e. The van der Waals surface area contributed by atoms with E-state index in [0.717, 1.165) is 81.6 Å². The molecule has 1 aliphatic rings. The quantitative estimate of drug-likeness (QED) is 0.220. The smallest absolute Gasteiger partial charge is 0.224 e. The Morgan fingerprint density at radius 2 is 1.87 bits per heavy atom. The van der Waals surface area contributed by atoms with Crippen LogP contribution in [0.5, 0.6) is 0 Å². The Labute approximate surface area is 228 Å². The lowest BCUT2D eigenvalue weighted by Crippen LogP contribution is -2.30.